The molecule has 0 spiro atoms. The zero-order chi connectivity index (χ0) is 7.84. The molecule has 0 unspecified atom stereocenters. The third-order valence-corrected chi connectivity index (χ3v) is 2.24. The van der Waals surface area contributed by atoms with E-state index < -0.39 is 0 Å². The lowest BCUT2D eigenvalue weighted by molar-refractivity contribution is -0.138. The highest BCUT2D eigenvalue weighted by Crippen LogP contribution is 2.25. The smallest absolute Gasteiger partial charge is 0.224 e. The lowest BCUT2D eigenvalue weighted by atomic mass is 9.83. The van der Waals surface area contributed by atoms with E-state index in [1.165, 1.54) is 0 Å². The second-order valence-corrected chi connectivity index (χ2v) is 3.43. The highest BCUT2D eigenvalue weighted by Gasteiger charge is 2.35. The minimum Gasteiger partial charge on any atom is -0.353 e. The van der Waals surface area contributed by atoms with Gasteiger partial charge >= 0.3 is 0 Å². The van der Waals surface area contributed by atoms with Crippen LogP contribution in [0.5, 0.6) is 0 Å². The van der Waals surface area contributed by atoms with Crippen LogP contribution in [0.25, 0.3) is 0 Å². The van der Waals surface area contributed by atoms with E-state index in [0.29, 0.717) is 18.9 Å². The van der Waals surface area contributed by atoms with E-state index in [9.17, 15) is 9.59 Å². The average Bonchev–Trinajstić information content (AvgIpc) is 2.64. The fourth-order valence-corrected chi connectivity index (χ4v) is 1.22. The molecule has 2 aliphatic rings. The molecule has 1 N–H and O–H groups in total. The number of rotatable bonds is 2. The van der Waals surface area contributed by atoms with E-state index in [1.54, 1.807) is 0 Å². The summed E-state index contributed by atoms with van der Waals surface area (Å²) in [6, 6.07) is 0.429. The lowest BCUT2D eigenvalue weighted by Gasteiger charge is -2.22. The SMILES string of the molecule is O=C1CC(C(=O)NC2CC2)C1. The van der Waals surface area contributed by atoms with Crippen LogP contribution in [0, 0.1) is 5.92 Å². The Bertz CT molecular complexity index is 200. The molecule has 0 aromatic heterocycles. The molecule has 0 aromatic rings. The first-order valence-electron chi connectivity index (χ1n) is 4.08. The standard InChI is InChI=1S/C8H11NO2/c10-7-3-5(4-7)8(11)9-6-1-2-6/h5-6H,1-4H2,(H,9,11). The molecule has 0 saturated heterocycles. The largest absolute Gasteiger partial charge is 0.353 e. The van der Waals surface area contributed by atoms with Gasteiger partial charge in [-0.2, -0.15) is 0 Å². The van der Waals surface area contributed by atoms with E-state index in [4.69, 9.17) is 0 Å². The Morgan fingerprint density at radius 3 is 2.45 bits per heavy atom. The van der Waals surface area contributed by atoms with E-state index in [0.717, 1.165) is 12.8 Å². The van der Waals surface area contributed by atoms with Crippen molar-refractivity contribution in [1.82, 2.24) is 5.32 Å². The van der Waals surface area contributed by atoms with Gasteiger partial charge in [0.15, 0.2) is 0 Å². The molecular weight excluding hydrogens is 142 g/mol. The molecule has 11 heavy (non-hydrogen) atoms. The molecule has 0 aliphatic heterocycles. The number of ketones is 1. The van der Waals surface area contributed by atoms with Gasteiger partial charge in [0.1, 0.15) is 5.78 Å². The normalized spacial score (nSPS) is 24.5. The molecule has 2 rings (SSSR count). The third-order valence-electron chi connectivity index (χ3n) is 2.24. The summed E-state index contributed by atoms with van der Waals surface area (Å²) in [5, 5.41) is 2.89. The zero-order valence-electron chi connectivity index (χ0n) is 6.30. The number of hydrogen-bond donors (Lipinski definition) is 1. The van der Waals surface area contributed by atoms with Crippen molar-refractivity contribution < 1.29 is 9.59 Å². The summed E-state index contributed by atoms with van der Waals surface area (Å²) in [4.78, 5) is 21.7. The monoisotopic (exact) mass is 153 g/mol. The van der Waals surface area contributed by atoms with Crippen LogP contribution >= 0.6 is 0 Å². The molecule has 3 heteroatoms. The highest BCUT2D eigenvalue weighted by atomic mass is 16.2. The van der Waals surface area contributed by atoms with Crippen molar-refractivity contribution in [2.24, 2.45) is 5.92 Å². The van der Waals surface area contributed by atoms with Crippen molar-refractivity contribution in [2.45, 2.75) is 31.7 Å². The van der Waals surface area contributed by atoms with Crippen LogP contribution in [-0.2, 0) is 9.59 Å². The van der Waals surface area contributed by atoms with Gasteiger partial charge in [0.2, 0.25) is 5.91 Å². The number of carbonyl (C=O) groups is 2. The molecule has 0 radical (unpaired) electrons. The predicted octanol–water partition coefficient (Wildman–Crippen LogP) is 0.244. The maximum Gasteiger partial charge on any atom is 0.224 e. The van der Waals surface area contributed by atoms with Gasteiger partial charge in [-0.25, -0.2) is 0 Å². The maximum atomic E-state index is 11.2. The Morgan fingerprint density at radius 2 is 2.00 bits per heavy atom. The van der Waals surface area contributed by atoms with Gasteiger partial charge in [0.05, 0.1) is 5.92 Å². The van der Waals surface area contributed by atoms with Crippen molar-refractivity contribution >= 4 is 11.7 Å². The van der Waals surface area contributed by atoms with Crippen molar-refractivity contribution in [2.75, 3.05) is 0 Å². The third kappa shape index (κ3) is 1.42. The van der Waals surface area contributed by atoms with E-state index in [1.807, 2.05) is 0 Å². The molecule has 0 aromatic carbocycles. The highest BCUT2D eigenvalue weighted by molar-refractivity contribution is 5.96. The lowest BCUT2D eigenvalue weighted by Crippen LogP contribution is -2.39. The second-order valence-electron chi connectivity index (χ2n) is 3.43. The Hall–Kier alpha value is -0.860. The van der Waals surface area contributed by atoms with Crippen LogP contribution in [0.1, 0.15) is 25.7 Å². The molecule has 60 valence electrons. The van der Waals surface area contributed by atoms with Gasteiger partial charge in [-0.05, 0) is 12.8 Å². The quantitative estimate of drug-likeness (QED) is 0.617. The minimum atomic E-state index is 0.00287. The Balaban J connectivity index is 1.76. The first-order valence-corrected chi connectivity index (χ1v) is 4.08. The van der Waals surface area contributed by atoms with Gasteiger partial charge in [0.25, 0.3) is 0 Å². The summed E-state index contributed by atoms with van der Waals surface area (Å²) in [5.41, 5.74) is 0. The zero-order valence-corrected chi connectivity index (χ0v) is 6.30. The van der Waals surface area contributed by atoms with Crippen LogP contribution in [0.4, 0.5) is 0 Å². The van der Waals surface area contributed by atoms with E-state index in [-0.39, 0.29) is 17.6 Å². The topological polar surface area (TPSA) is 46.2 Å². The Morgan fingerprint density at radius 1 is 1.36 bits per heavy atom. The maximum absolute atomic E-state index is 11.2. The van der Waals surface area contributed by atoms with Gasteiger partial charge < -0.3 is 5.32 Å². The van der Waals surface area contributed by atoms with Crippen molar-refractivity contribution in [3.63, 3.8) is 0 Å². The van der Waals surface area contributed by atoms with Crippen LogP contribution in [0.3, 0.4) is 0 Å². The van der Waals surface area contributed by atoms with Crippen LogP contribution in [-0.4, -0.2) is 17.7 Å². The summed E-state index contributed by atoms with van der Waals surface area (Å²) in [5.74, 6) is 0.316. The van der Waals surface area contributed by atoms with Gasteiger partial charge in [-0.15, -0.1) is 0 Å². The van der Waals surface area contributed by atoms with E-state index in [2.05, 4.69) is 5.32 Å². The fraction of sp³-hybridized carbons (Fsp3) is 0.750. The van der Waals surface area contributed by atoms with Crippen molar-refractivity contribution in [3.05, 3.63) is 0 Å². The molecular formula is C8H11NO2. The molecule has 0 heterocycles. The summed E-state index contributed by atoms with van der Waals surface area (Å²) >= 11 is 0. The van der Waals surface area contributed by atoms with Crippen LogP contribution in [0.15, 0.2) is 0 Å². The second kappa shape index (κ2) is 2.32. The van der Waals surface area contributed by atoms with Crippen molar-refractivity contribution in [3.8, 4) is 0 Å². The van der Waals surface area contributed by atoms with E-state index >= 15 is 0 Å². The summed E-state index contributed by atoms with van der Waals surface area (Å²) in [7, 11) is 0. The molecule has 2 fully saturated rings. The van der Waals surface area contributed by atoms with Crippen LogP contribution in [0.2, 0.25) is 0 Å². The number of hydrogen-bond acceptors (Lipinski definition) is 2. The Labute approximate surface area is 65.2 Å². The molecule has 0 atom stereocenters. The number of nitrogens with one attached hydrogen (secondary N) is 1. The van der Waals surface area contributed by atoms with Crippen LogP contribution < -0.4 is 5.32 Å². The summed E-state index contributed by atoms with van der Waals surface area (Å²) in [6.07, 6.45) is 3.18. The van der Waals surface area contributed by atoms with Gasteiger partial charge in [0, 0.05) is 18.9 Å². The molecule has 2 saturated carbocycles. The average molecular weight is 153 g/mol. The number of Topliss-reactive ketones (excluding diaryl/α,β-unsaturated/α-hetero) is 1. The first kappa shape index (κ1) is 6.83. The first-order chi connectivity index (χ1) is 5.25. The molecule has 1 amide bonds. The number of carbonyl (C=O) groups excluding carboxylic acids is 2. The summed E-state index contributed by atoms with van der Waals surface area (Å²) < 4.78 is 0. The number of amides is 1. The van der Waals surface area contributed by atoms with Gasteiger partial charge in [-0.3, -0.25) is 9.59 Å². The molecule has 0 bridgehead atoms. The predicted molar refractivity (Wildman–Crippen MR) is 38.9 cm³/mol. The van der Waals surface area contributed by atoms with Gasteiger partial charge in [-0.1, -0.05) is 0 Å². The molecule has 2 aliphatic carbocycles. The minimum absolute atomic E-state index is 0.00287. The Kier molecular flexibility index (Phi) is 1.44. The summed E-state index contributed by atoms with van der Waals surface area (Å²) in [6.45, 7) is 0. The molecule has 3 nitrogen and oxygen atoms in total. The van der Waals surface area contributed by atoms with Crippen molar-refractivity contribution in [1.29, 1.82) is 0 Å². The fourth-order valence-electron chi connectivity index (χ4n) is 1.22.